The number of ether oxygens (including phenoxy) is 1. The van der Waals surface area contributed by atoms with Crippen molar-refractivity contribution in [2.45, 2.75) is 31.3 Å². The van der Waals surface area contributed by atoms with Crippen LogP contribution in [-0.4, -0.2) is 28.3 Å². The van der Waals surface area contributed by atoms with Crippen molar-refractivity contribution in [2.75, 3.05) is 18.2 Å². The van der Waals surface area contributed by atoms with Gasteiger partial charge in [-0.1, -0.05) is 42.1 Å². The zero-order valence-electron chi connectivity index (χ0n) is 18.4. The van der Waals surface area contributed by atoms with E-state index in [0.717, 1.165) is 46.3 Å². The Balaban J connectivity index is 1.52. The van der Waals surface area contributed by atoms with Gasteiger partial charge in [0.05, 0.1) is 29.6 Å². The second-order valence-corrected chi connectivity index (χ2v) is 9.92. The fourth-order valence-corrected chi connectivity index (χ4v) is 6.32. The number of nitrogens with one attached hydrogen (secondary N) is 1. The summed E-state index contributed by atoms with van der Waals surface area (Å²) in [5.74, 6) is 0.525. The predicted octanol–water partition coefficient (Wildman–Crippen LogP) is 4.98. The molecule has 6 nitrogen and oxygen atoms in total. The van der Waals surface area contributed by atoms with Crippen molar-refractivity contribution in [1.82, 2.24) is 9.55 Å². The maximum absolute atomic E-state index is 13.7. The molecule has 168 valence electrons. The molecule has 2 aromatic carbocycles. The van der Waals surface area contributed by atoms with Crippen molar-refractivity contribution in [3.63, 3.8) is 0 Å². The van der Waals surface area contributed by atoms with Crippen molar-refractivity contribution < 1.29 is 9.53 Å². The number of amides is 1. The molecule has 0 atom stereocenters. The van der Waals surface area contributed by atoms with E-state index in [9.17, 15) is 9.59 Å². The smallest absolute Gasteiger partial charge is 0.267 e. The van der Waals surface area contributed by atoms with Crippen LogP contribution in [0.15, 0.2) is 58.5 Å². The molecule has 4 aromatic rings. The van der Waals surface area contributed by atoms with E-state index in [1.165, 1.54) is 16.6 Å². The number of benzene rings is 2. The normalized spacial score (nSPS) is 12.7. The fraction of sp³-hybridized carbons (Fsp3) is 0.240. The van der Waals surface area contributed by atoms with Crippen LogP contribution in [0.1, 0.15) is 22.4 Å². The van der Waals surface area contributed by atoms with Gasteiger partial charge in [-0.05, 0) is 55.5 Å². The van der Waals surface area contributed by atoms with Crippen molar-refractivity contribution >= 4 is 44.9 Å². The maximum atomic E-state index is 13.7. The third-order valence-electron chi connectivity index (χ3n) is 5.78. The summed E-state index contributed by atoms with van der Waals surface area (Å²) in [6.45, 7) is 1.98. The summed E-state index contributed by atoms with van der Waals surface area (Å²) in [4.78, 5) is 33.4. The number of aromatic nitrogens is 2. The molecule has 0 radical (unpaired) electrons. The molecule has 1 N–H and O–H groups in total. The van der Waals surface area contributed by atoms with Crippen LogP contribution in [0.5, 0.6) is 5.75 Å². The van der Waals surface area contributed by atoms with Crippen LogP contribution in [0, 0.1) is 6.92 Å². The molecule has 1 aliphatic rings. The Morgan fingerprint density at radius 1 is 1.18 bits per heavy atom. The summed E-state index contributed by atoms with van der Waals surface area (Å²) >= 11 is 2.88. The summed E-state index contributed by atoms with van der Waals surface area (Å²) in [6, 6.07) is 15.1. The number of fused-ring (bicyclic) bond motifs is 3. The van der Waals surface area contributed by atoms with Crippen LogP contribution in [0.2, 0.25) is 0 Å². The van der Waals surface area contributed by atoms with Gasteiger partial charge in [-0.25, -0.2) is 4.98 Å². The van der Waals surface area contributed by atoms with Crippen molar-refractivity contribution in [1.29, 1.82) is 0 Å². The number of carbonyl (C=O) groups is 1. The minimum atomic E-state index is -0.191. The van der Waals surface area contributed by atoms with E-state index in [1.54, 1.807) is 35.1 Å². The van der Waals surface area contributed by atoms with Gasteiger partial charge in [0, 0.05) is 4.88 Å². The highest BCUT2D eigenvalue weighted by atomic mass is 32.2. The summed E-state index contributed by atoms with van der Waals surface area (Å²) in [7, 11) is 1.57. The number of aryl methyl sites for hydroxylation is 3. The Morgan fingerprint density at radius 2 is 1.97 bits per heavy atom. The van der Waals surface area contributed by atoms with E-state index in [1.807, 2.05) is 43.3 Å². The Bertz CT molecular complexity index is 1420. The average molecular weight is 478 g/mol. The van der Waals surface area contributed by atoms with Crippen LogP contribution in [0.3, 0.4) is 0 Å². The average Bonchev–Trinajstić information content (AvgIpc) is 3.40. The van der Waals surface area contributed by atoms with Crippen molar-refractivity contribution in [2.24, 2.45) is 0 Å². The van der Waals surface area contributed by atoms with Gasteiger partial charge in [-0.15, -0.1) is 11.3 Å². The van der Waals surface area contributed by atoms with E-state index >= 15 is 0 Å². The number of nitrogens with zero attached hydrogens (tertiary/aromatic N) is 2. The van der Waals surface area contributed by atoms with E-state index in [2.05, 4.69) is 5.32 Å². The monoisotopic (exact) mass is 477 g/mol. The van der Waals surface area contributed by atoms with E-state index in [-0.39, 0.29) is 17.2 Å². The molecule has 0 spiro atoms. The summed E-state index contributed by atoms with van der Waals surface area (Å²) in [5, 5.41) is 4.15. The van der Waals surface area contributed by atoms with Gasteiger partial charge in [0.15, 0.2) is 5.16 Å². The van der Waals surface area contributed by atoms with Gasteiger partial charge in [-0.3, -0.25) is 14.2 Å². The number of hydrogen-bond donors (Lipinski definition) is 1. The lowest BCUT2D eigenvalue weighted by molar-refractivity contribution is -0.113. The molecular formula is C25H23N3O3S2. The van der Waals surface area contributed by atoms with Gasteiger partial charge < -0.3 is 10.1 Å². The third kappa shape index (κ3) is 4.05. The van der Waals surface area contributed by atoms with Crippen molar-refractivity contribution in [3.05, 3.63) is 74.9 Å². The number of thioether (sulfide) groups is 1. The first-order chi connectivity index (χ1) is 16.1. The summed E-state index contributed by atoms with van der Waals surface area (Å²) in [5.41, 5.74) is 3.48. The molecular weight excluding hydrogens is 454 g/mol. The summed E-state index contributed by atoms with van der Waals surface area (Å²) in [6.07, 6.45) is 3.01. The van der Waals surface area contributed by atoms with Gasteiger partial charge in [-0.2, -0.15) is 0 Å². The SMILES string of the molecule is COc1ccccc1NC(=O)CSc1nc2sc3c(c2c(=O)n1-c1ccccc1C)CCC3. The summed E-state index contributed by atoms with van der Waals surface area (Å²) < 4.78 is 6.99. The molecule has 0 saturated carbocycles. The predicted molar refractivity (Wildman–Crippen MR) is 134 cm³/mol. The molecule has 0 aliphatic heterocycles. The first kappa shape index (κ1) is 21.7. The minimum Gasteiger partial charge on any atom is -0.495 e. The van der Waals surface area contributed by atoms with E-state index < -0.39 is 0 Å². The van der Waals surface area contributed by atoms with Crippen LogP contribution in [-0.2, 0) is 17.6 Å². The molecule has 0 saturated heterocycles. The lowest BCUT2D eigenvalue weighted by Gasteiger charge is -2.15. The maximum Gasteiger partial charge on any atom is 0.267 e. The highest BCUT2D eigenvalue weighted by Crippen LogP contribution is 2.36. The number of hydrogen-bond acceptors (Lipinski definition) is 6. The van der Waals surface area contributed by atoms with Crippen molar-refractivity contribution in [3.8, 4) is 11.4 Å². The second-order valence-electron chi connectivity index (χ2n) is 7.90. The second kappa shape index (κ2) is 9.03. The zero-order chi connectivity index (χ0) is 22.9. The molecule has 8 heteroatoms. The number of thiophene rings is 1. The Hall–Kier alpha value is -3.10. The molecule has 1 amide bonds. The van der Waals surface area contributed by atoms with Gasteiger partial charge >= 0.3 is 0 Å². The Labute approximate surface area is 199 Å². The van der Waals surface area contributed by atoms with E-state index in [4.69, 9.17) is 9.72 Å². The first-order valence-corrected chi connectivity index (χ1v) is 12.6. The van der Waals surface area contributed by atoms with Gasteiger partial charge in [0.2, 0.25) is 5.91 Å². The van der Waals surface area contributed by atoms with Crippen LogP contribution in [0.25, 0.3) is 15.9 Å². The molecule has 2 aromatic heterocycles. The lowest BCUT2D eigenvalue weighted by atomic mass is 10.2. The fourth-order valence-electron chi connectivity index (χ4n) is 4.21. The zero-order valence-corrected chi connectivity index (χ0v) is 20.0. The minimum absolute atomic E-state index is 0.0543. The van der Waals surface area contributed by atoms with E-state index in [0.29, 0.717) is 16.6 Å². The molecule has 2 heterocycles. The molecule has 0 fully saturated rings. The largest absolute Gasteiger partial charge is 0.495 e. The topological polar surface area (TPSA) is 73.2 Å². The molecule has 5 rings (SSSR count). The van der Waals surface area contributed by atoms with Crippen LogP contribution < -0.4 is 15.6 Å². The number of anilines is 1. The Morgan fingerprint density at radius 3 is 2.79 bits per heavy atom. The molecule has 33 heavy (non-hydrogen) atoms. The molecule has 0 bridgehead atoms. The number of rotatable bonds is 6. The highest BCUT2D eigenvalue weighted by molar-refractivity contribution is 7.99. The lowest BCUT2D eigenvalue weighted by Crippen LogP contribution is -2.23. The van der Waals surface area contributed by atoms with Crippen LogP contribution >= 0.6 is 23.1 Å². The Kier molecular flexibility index (Phi) is 5.95. The number of carbonyl (C=O) groups excluding carboxylic acids is 1. The van der Waals surface area contributed by atoms with Gasteiger partial charge in [0.1, 0.15) is 10.6 Å². The van der Waals surface area contributed by atoms with Crippen LogP contribution in [0.4, 0.5) is 5.69 Å². The highest BCUT2D eigenvalue weighted by Gasteiger charge is 2.24. The number of para-hydroxylation sites is 3. The number of methoxy groups -OCH3 is 1. The molecule has 1 aliphatic carbocycles. The third-order valence-corrected chi connectivity index (χ3v) is 7.90. The quantitative estimate of drug-likeness (QED) is 0.313. The molecule has 0 unspecified atom stereocenters. The van der Waals surface area contributed by atoms with Gasteiger partial charge in [0.25, 0.3) is 5.56 Å². The first-order valence-electron chi connectivity index (χ1n) is 10.8. The standard InChI is InChI=1S/C25H23N3O3S2/c1-15-8-3-5-11-18(15)28-24(30)22-16-9-7-13-20(16)33-23(22)27-25(28)32-14-21(29)26-17-10-4-6-12-19(17)31-2/h3-6,8,10-12H,7,9,13-14H2,1-2H3,(H,26,29).